The summed E-state index contributed by atoms with van der Waals surface area (Å²) in [6.45, 7) is 0. The second kappa shape index (κ2) is 7.29. The van der Waals surface area contributed by atoms with Crippen LogP contribution in [0.5, 0.6) is 0 Å². The number of rotatable bonds is 5. The molecule has 0 spiro atoms. The highest BCUT2D eigenvalue weighted by molar-refractivity contribution is 5.96. The van der Waals surface area contributed by atoms with Crippen molar-refractivity contribution in [2.45, 2.75) is 6.04 Å². The molecule has 0 radical (unpaired) electrons. The fraction of sp³-hybridized carbons (Fsp3) is 0.0476. The summed E-state index contributed by atoms with van der Waals surface area (Å²) in [4.78, 5) is 13.0. The summed E-state index contributed by atoms with van der Waals surface area (Å²) in [5, 5.41) is 6.91. The first kappa shape index (κ1) is 16.8. The van der Waals surface area contributed by atoms with Gasteiger partial charge in [-0.15, -0.1) is 0 Å². The standard InChI is InChI=1S/C21H17FN4O/c22-18-10-9-17(25-12-4-5-13-25)15-19(18)24-21(27)20(26-14-6-11-23-26)16-7-2-1-3-8-16/h1-15,20H,(H,24,27). The highest BCUT2D eigenvalue weighted by Crippen LogP contribution is 2.23. The number of nitrogens with zero attached hydrogens (tertiary/aromatic N) is 3. The lowest BCUT2D eigenvalue weighted by Crippen LogP contribution is -2.27. The van der Waals surface area contributed by atoms with Crippen LogP contribution >= 0.6 is 0 Å². The minimum Gasteiger partial charge on any atom is -0.324 e. The predicted molar refractivity (Wildman–Crippen MR) is 101 cm³/mol. The summed E-state index contributed by atoms with van der Waals surface area (Å²) >= 11 is 0. The molecule has 1 atom stereocenters. The fourth-order valence-electron chi connectivity index (χ4n) is 2.97. The first-order valence-corrected chi connectivity index (χ1v) is 8.50. The third-order valence-electron chi connectivity index (χ3n) is 4.26. The van der Waals surface area contributed by atoms with Crippen molar-refractivity contribution >= 4 is 11.6 Å². The maximum absolute atomic E-state index is 14.3. The van der Waals surface area contributed by atoms with E-state index in [1.807, 2.05) is 59.4 Å². The lowest BCUT2D eigenvalue weighted by Gasteiger charge is -2.18. The summed E-state index contributed by atoms with van der Waals surface area (Å²) in [6, 6.07) is 18.7. The maximum Gasteiger partial charge on any atom is 0.253 e. The Hall–Kier alpha value is -3.67. The number of halogens is 1. The van der Waals surface area contributed by atoms with Crippen LogP contribution in [-0.4, -0.2) is 20.3 Å². The van der Waals surface area contributed by atoms with Gasteiger partial charge in [-0.1, -0.05) is 30.3 Å². The Kier molecular flexibility index (Phi) is 4.53. The second-order valence-electron chi connectivity index (χ2n) is 6.04. The van der Waals surface area contributed by atoms with E-state index < -0.39 is 11.9 Å². The number of nitrogens with one attached hydrogen (secondary N) is 1. The van der Waals surface area contributed by atoms with E-state index in [0.717, 1.165) is 11.3 Å². The maximum atomic E-state index is 14.3. The second-order valence-corrected chi connectivity index (χ2v) is 6.04. The summed E-state index contributed by atoms with van der Waals surface area (Å²) in [7, 11) is 0. The van der Waals surface area contributed by atoms with E-state index in [1.165, 1.54) is 6.07 Å². The Labute approximate surface area is 155 Å². The monoisotopic (exact) mass is 360 g/mol. The Morgan fingerprint density at radius 2 is 1.74 bits per heavy atom. The molecule has 27 heavy (non-hydrogen) atoms. The molecule has 4 rings (SSSR count). The van der Waals surface area contributed by atoms with Crippen molar-refractivity contribution in [2.75, 3.05) is 5.32 Å². The number of hydrogen-bond acceptors (Lipinski definition) is 2. The van der Waals surface area contributed by atoms with Crippen LogP contribution in [-0.2, 0) is 4.79 Å². The zero-order chi connectivity index (χ0) is 18.6. The Bertz CT molecular complexity index is 1030. The van der Waals surface area contributed by atoms with Crippen LogP contribution in [0.3, 0.4) is 0 Å². The van der Waals surface area contributed by atoms with Gasteiger partial charge in [-0.3, -0.25) is 9.48 Å². The molecule has 0 aliphatic carbocycles. The van der Waals surface area contributed by atoms with E-state index in [-0.39, 0.29) is 11.6 Å². The van der Waals surface area contributed by atoms with Gasteiger partial charge in [0.1, 0.15) is 5.82 Å². The van der Waals surface area contributed by atoms with Gasteiger partial charge < -0.3 is 9.88 Å². The zero-order valence-corrected chi connectivity index (χ0v) is 14.4. The third kappa shape index (κ3) is 3.50. The zero-order valence-electron chi connectivity index (χ0n) is 14.4. The van der Waals surface area contributed by atoms with Gasteiger partial charge in [0.25, 0.3) is 5.91 Å². The molecule has 0 saturated carbocycles. The number of aromatic nitrogens is 3. The summed E-state index contributed by atoms with van der Waals surface area (Å²) in [5.74, 6) is -0.861. The molecule has 1 amide bonds. The van der Waals surface area contributed by atoms with Gasteiger partial charge in [-0.05, 0) is 42.0 Å². The first-order chi connectivity index (χ1) is 13.2. The number of amides is 1. The van der Waals surface area contributed by atoms with Gasteiger partial charge >= 0.3 is 0 Å². The Balaban J connectivity index is 1.67. The van der Waals surface area contributed by atoms with Crippen LogP contribution in [0.25, 0.3) is 5.69 Å². The van der Waals surface area contributed by atoms with Crippen molar-refractivity contribution in [3.8, 4) is 5.69 Å². The van der Waals surface area contributed by atoms with E-state index in [2.05, 4.69) is 10.4 Å². The largest absolute Gasteiger partial charge is 0.324 e. The molecule has 5 nitrogen and oxygen atoms in total. The van der Waals surface area contributed by atoms with Gasteiger partial charge in [0.2, 0.25) is 0 Å². The fourth-order valence-corrected chi connectivity index (χ4v) is 2.97. The van der Waals surface area contributed by atoms with Crippen molar-refractivity contribution in [3.05, 3.63) is 103 Å². The SMILES string of the molecule is O=C(Nc1cc(-n2cccc2)ccc1F)C(c1ccccc1)n1cccn1. The normalized spacial score (nSPS) is 11.9. The van der Waals surface area contributed by atoms with Crippen LogP contribution in [0.1, 0.15) is 11.6 Å². The van der Waals surface area contributed by atoms with E-state index in [0.29, 0.717) is 0 Å². The molecular formula is C21H17FN4O. The average molecular weight is 360 g/mol. The molecule has 4 aromatic rings. The molecule has 0 aliphatic heterocycles. The van der Waals surface area contributed by atoms with E-state index in [9.17, 15) is 9.18 Å². The minimum atomic E-state index is -0.698. The quantitative estimate of drug-likeness (QED) is 0.584. The molecule has 0 saturated heterocycles. The van der Waals surface area contributed by atoms with Crippen molar-refractivity contribution in [1.82, 2.24) is 14.3 Å². The topological polar surface area (TPSA) is 51.9 Å². The molecule has 1 N–H and O–H groups in total. The van der Waals surface area contributed by atoms with Crippen molar-refractivity contribution in [1.29, 1.82) is 0 Å². The van der Waals surface area contributed by atoms with Crippen LogP contribution < -0.4 is 5.32 Å². The average Bonchev–Trinajstić information content (AvgIpc) is 3.39. The molecule has 0 aliphatic rings. The first-order valence-electron chi connectivity index (χ1n) is 8.50. The van der Waals surface area contributed by atoms with Gasteiger partial charge in [-0.25, -0.2) is 4.39 Å². The molecule has 6 heteroatoms. The minimum absolute atomic E-state index is 0.124. The Morgan fingerprint density at radius 3 is 2.44 bits per heavy atom. The van der Waals surface area contributed by atoms with Gasteiger partial charge in [0, 0.05) is 30.5 Å². The summed E-state index contributed by atoms with van der Waals surface area (Å²) in [6.07, 6.45) is 7.03. The molecule has 0 bridgehead atoms. The van der Waals surface area contributed by atoms with Crippen LogP contribution in [0, 0.1) is 5.82 Å². The van der Waals surface area contributed by atoms with Crippen LogP contribution in [0.15, 0.2) is 91.5 Å². The molecule has 1 unspecified atom stereocenters. The highest BCUT2D eigenvalue weighted by Gasteiger charge is 2.24. The molecule has 2 heterocycles. The van der Waals surface area contributed by atoms with E-state index in [1.54, 1.807) is 35.3 Å². The van der Waals surface area contributed by atoms with Gasteiger partial charge in [0.05, 0.1) is 5.69 Å². The van der Waals surface area contributed by atoms with Gasteiger partial charge in [0.15, 0.2) is 6.04 Å². The van der Waals surface area contributed by atoms with Gasteiger partial charge in [-0.2, -0.15) is 5.10 Å². The number of anilines is 1. The lowest BCUT2D eigenvalue weighted by atomic mass is 10.1. The molecule has 134 valence electrons. The van der Waals surface area contributed by atoms with Crippen molar-refractivity contribution in [2.24, 2.45) is 0 Å². The molecule has 0 fully saturated rings. The molecule has 2 aromatic heterocycles. The smallest absolute Gasteiger partial charge is 0.253 e. The number of benzene rings is 2. The van der Waals surface area contributed by atoms with E-state index in [4.69, 9.17) is 0 Å². The van der Waals surface area contributed by atoms with Crippen LogP contribution in [0.4, 0.5) is 10.1 Å². The van der Waals surface area contributed by atoms with E-state index >= 15 is 0 Å². The van der Waals surface area contributed by atoms with Crippen molar-refractivity contribution < 1.29 is 9.18 Å². The number of carbonyl (C=O) groups is 1. The highest BCUT2D eigenvalue weighted by atomic mass is 19.1. The molecule has 2 aromatic carbocycles. The lowest BCUT2D eigenvalue weighted by molar-refractivity contribution is -0.118. The third-order valence-corrected chi connectivity index (χ3v) is 4.26. The number of carbonyl (C=O) groups excluding carboxylic acids is 1. The molecular weight excluding hydrogens is 343 g/mol. The van der Waals surface area contributed by atoms with Crippen molar-refractivity contribution in [3.63, 3.8) is 0 Å². The summed E-state index contributed by atoms with van der Waals surface area (Å²) in [5.41, 5.74) is 1.65. The summed E-state index contributed by atoms with van der Waals surface area (Å²) < 4.78 is 17.7. The Morgan fingerprint density at radius 1 is 0.963 bits per heavy atom. The predicted octanol–water partition coefficient (Wildman–Crippen LogP) is 4.04. The van der Waals surface area contributed by atoms with Crippen LogP contribution in [0.2, 0.25) is 0 Å². The number of hydrogen-bond donors (Lipinski definition) is 1.